The topological polar surface area (TPSA) is 105 Å². The van der Waals surface area contributed by atoms with Crippen molar-refractivity contribution in [1.82, 2.24) is 9.97 Å². The molecule has 2 aromatic rings. The van der Waals surface area contributed by atoms with Crippen LogP contribution in [0.3, 0.4) is 0 Å². The van der Waals surface area contributed by atoms with Crippen molar-refractivity contribution in [2.24, 2.45) is 5.73 Å². The number of pyridine rings is 2. The highest BCUT2D eigenvalue weighted by Crippen LogP contribution is 2.34. The summed E-state index contributed by atoms with van der Waals surface area (Å²) in [5.41, 5.74) is 8.23. The highest BCUT2D eigenvalue weighted by Gasteiger charge is 2.36. The minimum absolute atomic E-state index is 0.111. The fraction of sp³-hybridized carbons (Fsp3) is 0.455. The lowest BCUT2D eigenvalue weighted by Crippen LogP contribution is -2.32. The zero-order valence-electron chi connectivity index (χ0n) is 17.7. The van der Waals surface area contributed by atoms with E-state index in [9.17, 15) is 9.59 Å². The second-order valence-corrected chi connectivity index (χ2v) is 8.38. The summed E-state index contributed by atoms with van der Waals surface area (Å²) in [7, 11) is 0. The molecule has 5 rings (SSSR count). The Morgan fingerprint density at radius 1 is 1.13 bits per heavy atom. The van der Waals surface area contributed by atoms with E-state index in [1.165, 1.54) is 4.90 Å². The Bertz CT molecular complexity index is 1060. The molecule has 2 atom stereocenters. The van der Waals surface area contributed by atoms with Gasteiger partial charge in [0.15, 0.2) is 0 Å². The Hall–Kier alpha value is -3.20. The van der Waals surface area contributed by atoms with Crippen LogP contribution in [-0.4, -0.2) is 47.2 Å². The standard InChI is InChI=1S/C22H26N6O3/c1-13-5-4-8-26(13)20-9-15-16(17(10-23)24-20)11-27(21(15)29)18-6-3-7-19(25-18)28-14(2)12-31-22(28)30/h3,6-7,9,13-14H,4-5,8,10-12,23H2,1-2H3/t13-,14+/m1/s1. The number of carbonyl (C=O) groups excluding carboxylic acids is 2. The fourth-order valence-corrected chi connectivity index (χ4v) is 4.66. The maximum absolute atomic E-state index is 13.4. The van der Waals surface area contributed by atoms with Crippen LogP contribution in [-0.2, 0) is 17.8 Å². The molecule has 0 aromatic carbocycles. The van der Waals surface area contributed by atoms with Crippen LogP contribution in [0.1, 0.15) is 48.3 Å². The summed E-state index contributed by atoms with van der Waals surface area (Å²) >= 11 is 0. The normalized spacial score (nSPS) is 23.0. The Morgan fingerprint density at radius 3 is 2.61 bits per heavy atom. The third-order valence-electron chi connectivity index (χ3n) is 6.36. The number of fused-ring (bicyclic) bond motifs is 1. The van der Waals surface area contributed by atoms with E-state index in [1.807, 2.05) is 13.0 Å². The summed E-state index contributed by atoms with van der Waals surface area (Å²) in [6, 6.07) is 7.50. The van der Waals surface area contributed by atoms with Gasteiger partial charge in [0.1, 0.15) is 24.1 Å². The molecule has 162 valence electrons. The highest BCUT2D eigenvalue weighted by molar-refractivity contribution is 6.10. The summed E-state index contributed by atoms with van der Waals surface area (Å²) in [6.45, 7) is 5.96. The van der Waals surface area contributed by atoms with E-state index in [0.29, 0.717) is 36.4 Å². The first-order valence-electron chi connectivity index (χ1n) is 10.7. The average Bonchev–Trinajstić information content (AvgIpc) is 3.45. The minimum Gasteiger partial charge on any atom is -0.447 e. The Kier molecular flexibility index (Phi) is 4.77. The van der Waals surface area contributed by atoms with Gasteiger partial charge in [0, 0.05) is 24.7 Å². The number of amides is 2. The lowest BCUT2D eigenvalue weighted by Gasteiger charge is -2.23. The molecule has 0 saturated carbocycles. The third-order valence-corrected chi connectivity index (χ3v) is 6.36. The third kappa shape index (κ3) is 3.20. The molecule has 9 nitrogen and oxygen atoms in total. The molecule has 3 aliphatic rings. The first-order chi connectivity index (χ1) is 15.0. The first kappa shape index (κ1) is 19.7. The zero-order valence-corrected chi connectivity index (χ0v) is 17.7. The van der Waals surface area contributed by atoms with E-state index in [2.05, 4.69) is 16.8 Å². The molecule has 0 radical (unpaired) electrons. The van der Waals surface area contributed by atoms with Crippen molar-refractivity contribution >= 4 is 29.5 Å². The number of hydrogen-bond acceptors (Lipinski definition) is 7. The van der Waals surface area contributed by atoms with Crippen molar-refractivity contribution in [1.29, 1.82) is 0 Å². The van der Waals surface area contributed by atoms with Gasteiger partial charge in [-0.15, -0.1) is 0 Å². The van der Waals surface area contributed by atoms with Crippen LogP contribution in [0.4, 0.5) is 22.2 Å². The molecular formula is C22H26N6O3. The molecular weight excluding hydrogens is 396 g/mol. The smallest absolute Gasteiger partial charge is 0.415 e. The maximum Gasteiger partial charge on any atom is 0.415 e. The van der Waals surface area contributed by atoms with E-state index < -0.39 is 6.09 Å². The second-order valence-electron chi connectivity index (χ2n) is 8.38. The average molecular weight is 422 g/mol. The first-order valence-corrected chi connectivity index (χ1v) is 10.7. The molecule has 2 amide bonds. The van der Waals surface area contributed by atoms with Gasteiger partial charge in [-0.2, -0.15) is 0 Å². The van der Waals surface area contributed by atoms with Crippen molar-refractivity contribution in [3.05, 3.63) is 41.1 Å². The van der Waals surface area contributed by atoms with Gasteiger partial charge in [0.25, 0.3) is 5.91 Å². The zero-order chi connectivity index (χ0) is 21.7. The monoisotopic (exact) mass is 422 g/mol. The quantitative estimate of drug-likeness (QED) is 0.807. The van der Waals surface area contributed by atoms with Crippen molar-refractivity contribution in [3.63, 3.8) is 0 Å². The number of nitrogens with two attached hydrogens (primary N) is 1. The molecule has 2 fully saturated rings. The largest absolute Gasteiger partial charge is 0.447 e. The van der Waals surface area contributed by atoms with E-state index in [4.69, 9.17) is 15.5 Å². The SMILES string of the molecule is C[C@@H]1CCCN1c1cc2c(c(CN)n1)CN(c1cccc(N3C(=O)OC[C@@H]3C)n1)C2=O. The van der Waals surface area contributed by atoms with Crippen LogP contribution in [0.2, 0.25) is 0 Å². The van der Waals surface area contributed by atoms with Crippen LogP contribution in [0, 0.1) is 0 Å². The molecule has 0 aliphatic carbocycles. The highest BCUT2D eigenvalue weighted by atomic mass is 16.6. The van der Waals surface area contributed by atoms with Gasteiger partial charge >= 0.3 is 6.09 Å². The lowest BCUT2D eigenvalue weighted by atomic mass is 10.1. The Balaban J connectivity index is 1.49. The van der Waals surface area contributed by atoms with Crippen LogP contribution in [0.5, 0.6) is 0 Å². The molecule has 3 aliphatic heterocycles. The predicted octanol–water partition coefficient (Wildman–Crippen LogP) is 2.43. The molecule has 2 aromatic heterocycles. The van der Waals surface area contributed by atoms with Gasteiger partial charge in [-0.3, -0.25) is 14.6 Å². The fourth-order valence-electron chi connectivity index (χ4n) is 4.66. The molecule has 2 saturated heterocycles. The number of cyclic esters (lactones) is 1. The van der Waals surface area contributed by atoms with E-state index in [0.717, 1.165) is 36.5 Å². The summed E-state index contributed by atoms with van der Waals surface area (Å²) < 4.78 is 5.11. The summed E-state index contributed by atoms with van der Waals surface area (Å²) in [5.74, 6) is 1.65. The lowest BCUT2D eigenvalue weighted by molar-refractivity contribution is 0.0996. The van der Waals surface area contributed by atoms with Gasteiger partial charge in [-0.25, -0.2) is 14.8 Å². The number of hydrogen-bond donors (Lipinski definition) is 1. The van der Waals surface area contributed by atoms with Crippen molar-refractivity contribution in [3.8, 4) is 0 Å². The van der Waals surface area contributed by atoms with Crippen LogP contribution in [0.25, 0.3) is 0 Å². The van der Waals surface area contributed by atoms with Gasteiger partial charge in [0.05, 0.1) is 23.8 Å². The van der Waals surface area contributed by atoms with Gasteiger partial charge in [-0.05, 0) is 44.9 Å². The van der Waals surface area contributed by atoms with Gasteiger partial charge < -0.3 is 15.4 Å². The molecule has 5 heterocycles. The number of aromatic nitrogens is 2. The summed E-state index contributed by atoms with van der Waals surface area (Å²) in [4.78, 5) is 40.2. The molecule has 9 heteroatoms. The number of anilines is 3. The summed E-state index contributed by atoms with van der Waals surface area (Å²) in [5, 5.41) is 0. The second kappa shape index (κ2) is 7.49. The minimum atomic E-state index is -0.424. The molecule has 31 heavy (non-hydrogen) atoms. The Labute approximate surface area is 180 Å². The molecule has 0 unspecified atom stereocenters. The Morgan fingerprint density at radius 2 is 1.94 bits per heavy atom. The van der Waals surface area contributed by atoms with Gasteiger partial charge in [-0.1, -0.05) is 6.07 Å². The number of rotatable bonds is 4. The number of carbonyl (C=O) groups is 2. The number of nitrogens with zero attached hydrogens (tertiary/aromatic N) is 5. The van der Waals surface area contributed by atoms with Crippen LogP contribution >= 0.6 is 0 Å². The van der Waals surface area contributed by atoms with Crippen molar-refractivity contribution in [2.75, 3.05) is 27.9 Å². The van der Waals surface area contributed by atoms with Gasteiger partial charge in [0.2, 0.25) is 0 Å². The van der Waals surface area contributed by atoms with E-state index >= 15 is 0 Å². The van der Waals surface area contributed by atoms with Crippen molar-refractivity contribution < 1.29 is 14.3 Å². The van der Waals surface area contributed by atoms with Crippen LogP contribution in [0.15, 0.2) is 24.3 Å². The molecule has 2 N–H and O–H groups in total. The van der Waals surface area contributed by atoms with E-state index in [1.54, 1.807) is 23.1 Å². The van der Waals surface area contributed by atoms with Crippen LogP contribution < -0.4 is 20.4 Å². The summed E-state index contributed by atoms with van der Waals surface area (Å²) in [6.07, 6.45) is 1.81. The molecule has 0 spiro atoms. The predicted molar refractivity (Wildman–Crippen MR) is 116 cm³/mol. The molecule has 0 bridgehead atoms. The maximum atomic E-state index is 13.4. The number of ether oxygens (including phenoxy) is 1. The van der Waals surface area contributed by atoms with E-state index in [-0.39, 0.29) is 18.5 Å². The van der Waals surface area contributed by atoms with Crippen molar-refractivity contribution in [2.45, 2.75) is 51.9 Å².